The summed E-state index contributed by atoms with van der Waals surface area (Å²) in [5, 5.41) is 10.3. The Morgan fingerprint density at radius 3 is 2.83 bits per heavy atom. The fourth-order valence-corrected chi connectivity index (χ4v) is 2.81. The lowest BCUT2D eigenvalue weighted by Gasteiger charge is -2.14. The molecule has 2 atom stereocenters. The van der Waals surface area contributed by atoms with E-state index in [1.54, 1.807) is 6.20 Å². The van der Waals surface area contributed by atoms with Gasteiger partial charge < -0.3 is 5.11 Å². The molecule has 0 bridgehead atoms. The van der Waals surface area contributed by atoms with Crippen molar-refractivity contribution < 1.29 is 5.11 Å². The van der Waals surface area contributed by atoms with E-state index in [0.717, 1.165) is 24.8 Å². The minimum absolute atomic E-state index is 0.294. The summed E-state index contributed by atoms with van der Waals surface area (Å²) in [5.41, 5.74) is 3.68. The number of aromatic nitrogens is 1. The second kappa shape index (κ2) is 4.91. The zero-order valence-corrected chi connectivity index (χ0v) is 10.3. The Labute approximate surface area is 107 Å². The van der Waals surface area contributed by atoms with Gasteiger partial charge in [-0.3, -0.25) is 4.98 Å². The Bertz CT molecular complexity index is 524. The number of nitrogens with zero attached hydrogens (tertiary/aromatic N) is 1. The molecule has 0 aliphatic heterocycles. The van der Waals surface area contributed by atoms with E-state index < -0.39 is 0 Å². The molecule has 2 aromatic rings. The maximum atomic E-state index is 10.3. The van der Waals surface area contributed by atoms with Gasteiger partial charge in [-0.1, -0.05) is 30.3 Å². The molecule has 2 heteroatoms. The Morgan fingerprint density at radius 2 is 2.06 bits per heavy atom. The van der Waals surface area contributed by atoms with Gasteiger partial charge in [0.2, 0.25) is 0 Å². The predicted octanol–water partition coefficient (Wildman–Crippen LogP) is 2.92. The van der Waals surface area contributed by atoms with E-state index in [-0.39, 0.29) is 6.10 Å². The van der Waals surface area contributed by atoms with Crippen LogP contribution in [-0.2, 0) is 12.8 Å². The van der Waals surface area contributed by atoms with Gasteiger partial charge >= 0.3 is 0 Å². The molecule has 1 heterocycles. The van der Waals surface area contributed by atoms with Crippen molar-refractivity contribution in [3.05, 3.63) is 65.5 Å². The average molecular weight is 239 g/mol. The molecular weight excluding hydrogens is 222 g/mol. The second-order valence-corrected chi connectivity index (χ2v) is 5.01. The van der Waals surface area contributed by atoms with Crippen LogP contribution in [0.4, 0.5) is 0 Å². The van der Waals surface area contributed by atoms with E-state index >= 15 is 0 Å². The molecule has 0 saturated carbocycles. The van der Waals surface area contributed by atoms with E-state index in [2.05, 4.69) is 23.2 Å². The van der Waals surface area contributed by atoms with Gasteiger partial charge in [-0.15, -0.1) is 0 Å². The lowest BCUT2D eigenvalue weighted by Crippen LogP contribution is -2.08. The molecule has 2 unspecified atom stereocenters. The molecule has 1 aliphatic carbocycles. The molecular formula is C16H17NO. The van der Waals surface area contributed by atoms with Gasteiger partial charge in [0.15, 0.2) is 0 Å². The lowest BCUT2D eigenvalue weighted by molar-refractivity contribution is 0.118. The average Bonchev–Trinajstić information content (AvgIpc) is 2.75. The summed E-state index contributed by atoms with van der Waals surface area (Å²) in [4.78, 5) is 4.13. The van der Waals surface area contributed by atoms with Gasteiger partial charge in [-0.25, -0.2) is 0 Å². The van der Waals surface area contributed by atoms with E-state index in [0.29, 0.717) is 5.92 Å². The van der Waals surface area contributed by atoms with Crippen molar-refractivity contribution in [3.8, 4) is 0 Å². The first-order valence-corrected chi connectivity index (χ1v) is 6.49. The molecule has 0 radical (unpaired) electrons. The molecule has 0 fully saturated rings. The highest BCUT2D eigenvalue weighted by atomic mass is 16.3. The summed E-state index contributed by atoms with van der Waals surface area (Å²) in [7, 11) is 0. The van der Waals surface area contributed by atoms with Crippen LogP contribution in [0.1, 0.15) is 29.2 Å². The smallest absolute Gasteiger partial charge is 0.0824 e. The first-order valence-electron chi connectivity index (χ1n) is 6.49. The Hall–Kier alpha value is -1.67. The van der Waals surface area contributed by atoms with E-state index in [9.17, 15) is 5.11 Å². The number of aliphatic hydroxyl groups is 1. The zero-order valence-electron chi connectivity index (χ0n) is 10.3. The highest BCUT2D eigenvalue weighted by molar-refractivity contribution is 5.34. The lowest BCUT2D eigenvalue weighted by atomic mass is 9.95. The van der Waals surface area contributed by atoms with Crippen molar-refractivity contribution >= 4 is 0 Å². The summed E-state index contributed by atoms with van der Waals surface area (Å²) < 4.78 is 0. The molecule has 0 saturated heterocycles. The van der Waals surface area contributed by atoms with Crippen LogP contribution in [-0.4, -0.2) is 10.1 Å². The number of fused-ring (bicyclic) bond motifs is 1. The second-order valence-electron chi connectivity index (χ2n) is 5.01. The van der Waals surface area contributed by atoms with Crippen LogP contribution in [0.25, 0.3) is 0 Å². The summed E-state index contributed by atoms with van der Waals surface area (Å²) in [6.07, 6.45) is 6.42. The molecule has 0 spiro atoms. The molecule has 1 aromatic carbocycles. The van der Waals surface area contributed by atoms with E-state index in [1.807, 2.05) is 24.4 Å². The molecule has 0 amide bonds. The van der Waals surface area contributed by atoms with Gasteiger partial charge in [0.1, 0.15) is 0 Å². The topological polar surface area (TPSA) is 33.1 Å². The Balaban J connectivity index is 1.66. The Morgan fingerprint density at radius 1 is 1.17 bits per heavy atom. The number of aliphatic hydroxyl groups excluding tert-OH is 1. The van der Waals surface area contributed by atoms with Gasteiger partial charge in [0.05, 0.1) is 6.10 Å². The minimum Gasteiger partial charge on any atom is -0.388 e. The summed E-state index contributed by atoms with van der Waals surface area (Å²) >= 11 is 0. The highest BCUT2D eigenvalue weighted by Gasteiger charge is 2.29. The van der Waals surface area contributed by atoms with Crippen LogP contribution >= 0.6 is 0 Å². The zero-order chi connectivity index (χ0) is 12.4. The molecule has 92 valence electrons. The van der Waals surface area contributed by atoms with Crippen molar-refractivity contribution in [2.75, 3.05) is 0 Å². The van der Waals surface area contributed by atoms with Crippen molar-refractivity contribution in [3.63, 3.8) is 0 Å². The van der Waals surface area contributed by atoms with Gasteiger partial charge in [0.25, 0.3) is 0 Å². The summed E-state index contributed by atoms with van der Waals surface area (Å²) in [6.45, 7) is 0. The maximum Gasteiger partial charge on any atom is 0.0824 e. The highest BCUT2D eigenvalue weighted by Crippen LogP contribution is 2.38. The number of hydrogen-bond donors (Lipinski definition) is 1. The molecule has 1 aliphatic rings. The van der Waals surface area contributed by atoms with Crippen LogP contribution in [0.2, 0.25) is 0 Å². The summed E-state index contributed by atoms with van der Waals surface area (Å²) in [5.74, 6) is 0.350. The van der Waals surface area contributed by atoms with Crippen LogP contribution < -0.4 is 0 Å². The molecule has 1 N–H and O–H groups in total. The van der Waals surface area contributed by atoms with Crippen molar-refractivity contribution in [1.29, 1.82) is 0 Å². The van der Waals surface area contributed by atoms with Crippen LogP contribution in [0.5, 0.6) is 0 Å². The van der Waals surface area contributed by atoms with Crippen molar-refractivity contribution in [2.24, 2.45) is 5.92 Å². The number of aryl methyl sites for hydroxylation is 1. The first-order chi connectivity index (χ1) is 8.84. The fourth-order valence-electron chi connectivity index (χ4n) is 2.81. The third-order valence-corrected chi connectivity index (χ3v) is 3.83. The van der Waals surface area contributed by atoms with E-state index in [1.165, 1.54) is 11.1 Å². The van der Waals surface area contributed by atoms with Crippen molar-refractivity contribution in [1.82, 2.24) is 4.98 Å². The van der Waals surface area contributed by atoms with Crippen LogP contribution in [0, 0.1) is 5.92 Å². The number of hydrogen-bond acceptors (Lipinski definition) is 2. The largest absolute Gasteiger partial charge is 0.388 e. The fraction of sp³-hybridized carbons (Fsp3) is 0.312. The number of benzene rings is 1. The standard InChI is InChI=1S/C16H17NO/c18-16-14(8-7-12-4-3-9-17-11-12)10-13-5-1-2-6-15(13)16/h1-6,9,11,14,16,18H,7-8,10H2. The maximum absolute atomic E-state index is 10.3. The summed E-state index contributed by atoms with van der Waals surface area (Å²) in [6, 6.07) is 12.3. The third kappa shape index (κ3) is 2.16. The van der Waals surface area contributed by atoms with Gasteiger partial charge in [0, 0.05) is 12.4 Å². The molecule has 3 rings (SSSR count). The van der Waals surface area contributed by atoms with Gasteiger partial charge in [-0.2, -0.15) is 0 Å². The SMILES string of the molecule is OC1c2ccccc2CC1CCc1cccnc1. The normalized spacial score (nSPS) is 21.8. The van der Waals surface area contributed by atoms with Gasteiger partial charge in [-0.05, 0) is 47.9 Å². The molecule has 1 aromatic heterocycles. The Kier molecular flexibility index (Phi) is 3.11. The quantitative estimate of drug-likeness (QED) is 0.893. The monoisotopic (exact) mass is 239 g/mol. The third-order valence-electron chi connectivity index (χ3n) is 3.83. The predicted molar refractivity (Wildman–Crippen MR) is 71.2 cm³/mol. The number of pyridine rings is 1. The molecule has 2 nitrogen and oxygen atoms in total. The minimum atomic E-state index is -0.294. The number of rotatable bonds is 3. The first kappa shape index (κ1) is 11.4. The van der Waals surface area contributed by atoms with E-state index in [4.69, 9.17) is 0 Å². The van der Waals surface area contributed by atoms with Crippen LogP contribution in [0.15, 0.2) is 48.8 Å². The van der Waals surface area contributed by atoms with Crippen molar-refractivity contribution in [2.45, 2.75) is 25.4 Å². The molecule has 18 heavy (non-hydrogen) atoms. The van der Waals surface area contributed by atoms with Crippen LogP contribution in [0.3, 0.4) is 0 Å².